The normalized spacial score (nSPS) is 11.5. The number of carbonyl (C=O) groups excluding carboxylic acids is 1. The van der Waals surface area contributed by atoms with Gasteiger partial charge in [-0.1, -0.05) is 52.8 Å². The minimum atomic E-state index is -0.390. The molecule has 0 heterocycles. The van der Waals surface area contributed by atoms with Crippen LogP contribution < -0.4 is 5.32 Å². The summed E-state index contributed by atoms with van der Waals surface area (Å²) in [5.41, 5.74) is 2.25. The third-order valence-corrected chi connectivity index (χ3v) is 3.70. The lowest BCUT2D eigenvalue weighted by molar-refractivity contribution is -0.138. The maximum atomic E-state index is 12.0. The molecule has 2 rings (SSSR count). The Morgan fingerprint density at radius 3 is 2.41 bits per heavy atom. The molecule has 0 aliphatic carbocycles. The van der Waals surface area contributed by atoms with E-state index in [2.05, 4.69) is 27.8 Å². The van der Waals surface area contributed by atoms with Crippen molar-refractivity contribution in [3.63, 3.8) is 0 Å². The Labute approximate surface area is 139 Å². The van der Waals surface area contributed by atoms with Crippen molar-refractivity contribution in [3.8, 4) is 0 Å². The molecule has 3 nitrogen and oxygen atoms in total. The van der Waals surface area contributed by atoms with Crippen molar-refractivity contribution in [1.82, 2.24) is 0 Å². The van der Waals surface area contributed by atoms with Crippen molar-refractivity contribution < 1.29 is 9.53 Å². The molecule has 4 heteroatoms. The van der Waals surface area contributed by atoms with Crippen molar-refractivity contribution in [1.29, 1.82) is 0 Å². The van der Waals surface area contributed by atoms with Crippen molar-refractivity contribution in [2.45, 2.75) is 13.0 Å². The van der Waals surface area contributed by atoms with Crippen LogP contribution in [-0.2, 0) is 9.53 Å². The van der Waals surface area contributed by atoms with E-state index in [0.29, 0.717) is 12.2 Å². The van der Waals surface area contributed by atoms with E-state index < -0.39 is 0 Å². The highest BCUT2D eigenvalue weighted by atomic mass is 79.9. The van der Waals surface area contributed by atoms with Crippen molar-refractivity contribution >= 4 is 27.6 Å². The molecule has 0 radical (unpaired) electrons. The summed E-state index contributed by atoms with van der Waals surface area (Å²) in [5.74, 6) is -0.390. The number of carbonyl (C=O) groups is 1. The average Bonchev–Trinajstić information content (AvgIpc) is 2.54. The summed E-state index contributed by atoms with van der Waals surface area (Å²) in [6, 6.07) is 17.2. The smallest absolute Gasteiger partial charge is 0.335 e. The molecule has 0 aliphatic rings. The first kappa shape index (κ1) is 16.3. The topological polar surface area (TPSA) is 38.3 Å². The number of esters is 1. The van der Waals surface area contributed by atoms with Crippen LogP contribution in [0.15, 0.2) is 71.2 Å². The number of para-hydroxylation sites is 1. The largest absolute Gasteiger partial charge is 0.463 e. The molecule has 0 amide bonds. The van der Waals surface area contributed by atoms with Crippen LogP contribution in [0.4, 0.5) is 5.69 Å². The predicted octanol–water partition coefficient (Wildman–Crippen LogP) is 4.72. The van der Waals surface area contributed by atoms with E-state index in [-0.39, 0.29) is 12.0 Å². The highest BCUT2D eigenvalue weighted by molar-refractivity contribution is 9.10. The third kappa shape index (κ3) is 4.21. The van der Waals surface area contributed by atoms with Crippen molar-refractivity contribution in [2.24, 2.45) is 0 Å². The Morgan fingerprint density at radius 2 is 1.82 bits per heavy atom. The molecule has 2 aromatic carbocycles. The molecule has 0 spiro atoms. The Hall–Kier alpha value is -2.07. The summed E-state index contributed by atoms with van der Waals surface area (Å²) in [6.45, 7) is 6.03. The molecule has 0 unspecified atom stereocenters. The first-order valence-corrected chi connectivity index (χ1v) is 7.84. The van der Waals surface area contributed by atoms with E-state index in [1.165, 1.54) is 0 Å². The second-order valence-corrected chi connectivity index (χ2v) is 5.66. The van der Waals surface area contributed by atoms with Gasteiger partial charge < -0.3 is 10.1 Å². The molecule has 0 fully saturated rings. The Kier molecular flexibility index (Phi) is 5.78. The summed E-state index contributed by atoms with van der Waals surface area (Å²) >= 11 is 3.42. The monoisotopic (exact) mass is 359 g/mol. The van der Waals surface area contributed by atoms with E-state index >= 15 is 0 Å². The van der Waals surface area contributed by atoms with Gasteiger partial charge in [-0.15, -0.1) is 0 Å². The second-order valence-electron chi connectivity index (χ2n) is 4.74. The molecule has 114 valence electrons. The predicted molar refractivity (Wildman–Crippen MR) is 92.7 cm³/mol. The molecule has 0 aromatic heterocycles. The van der Waals surface area contributed by atoms with E-state index in [1.54, 1.807) is 6.92 Å². The Balaban J connectivity index is 2.29. The molecule has 22 heavy (non-hydrogen) atoms. The van der Waals surface area contributed by atoms with Crippen molar-refractivity contribution in [3.05, 3.63) is 76.8 Å². The van der Waals surface area contributed by atoms with Crippen LogP contribution >= 0.6 is 15.9 Å². The first-order chi connectivity index (χ1) is 10.6. The fourth-order valence-corrected chi connectivity index (χ4v) is 2.33. The Morgan fingerprint density at radius 1 is 1.18 bits per heavy atom. The van der Waals surface area contributed by atoms with E-state index in [0.717, 1.165) is 15.7 Å². The van der Waals surface area contributed by atoms with Crippen molar-refractivity contribution in [2.75, 3.05) is 11.9 Å². The quantitative estimate of drug-likeness (QED) is 0.598. The minimum absolute atomic E-state index is 0.330. The number of rotatable bonds is 6. The van der Waals surface area contributed by atoms with Gasteiger partial charge in [0.2, 0.25) is 0 Å². The zero-order valence-electron chi connectivity index (χ0n) is 12.4. The zero-order valence-corrected chi connectivity index (χ0v) is 14.0. The highest BCUT2D eigenvalue weighted by Crippen LogP contribution is 2.27. The van der Waals surface area contributed by atoms with Gasteiger partial charge in [0, 0.05) is 10.2 Å². The van der Waals surface area contributed by atoms with Gasteiger partial charge in [0.15, 0.2) is 0 Å². The number of ether oxygens (including phenoxy) is 1. The number of hydrogen-bond donors (Lipinski definition) is 1. The maximum Gasteiger partial charge on any atom is 0.335 e. The van der Waals surface area contributed by atoms with E-state index in [1.807, 2.05) is 54.6 Å². The average molecular weight is 360 g/mol. The fourth-order valence-electron chi connectivity index (χ4n) is 2.07. The van der Waals surface area contributed by atoms with Gasteiger partial charge in [-0.05, 0) is 36.8 Å². The molecule has 0 bridgehead atoms. The zero-order chi connectivity index (χ0) is 15.9. The number of hydrogen-bond acceptors (Lipinski definition) is 3. The number of anilines is 1. The second kappa shape index (κ2) is 7.80. The lowest BCUT2D eigenvalue weighted by Gasteiger charge is -2.22. The van der Waals surface area contributed by atoms with Crippen LogP contribution in [0.1, 0.15) is 18.5 Å². The van der Waals surface area contributed by atoms with Gasteiger partial charge in [-0.2, -0.15) is 0 Å². The summed E-state index contributed by atoms with van der Waals surface area (Å²) < 4.78 is 6.06. The molecule has 1 N–H and O–H groups in total. The third-order valence-electron chi connectivity index (χ3n) is 3.17. The van der Waals surface area contributed by atoms with Gasteiger partial charge >= 0.3 is 5.97 Å². The molecule has 1 atom stereocenters. The lowest BCUT2D eigenvalue weighted by Crippen LogP contribution is -2.20. The number of nitrogens with one attached hydrogen (secondary N) is 1. The van der Waals surface area contributed by atoms with Crippen LogP contribution in [0.25, 0.3) is 0 Å². The molecule has 0 saturated heterocycles. The van der Waals surface area contributed by atoms with Gasteiger partial charge in [0.25, 0.3) is 0 Å². The molecular formula is C18H18BrNO2. The maximum absolute atomic E-state index is 12.0. The van der Waals surface area contributed by atoms with Gasteiger partial charge in [-0.3, -0.25) is 0 Å². The highest BCUT2D eigenvalue weighted by Gasteiger charge is 2.22. The lowest BCUT2D eigenvalue weighted by atomic mass is 9.99. The summed E-state index contributed by atoms with van der Waals surface area (Å²) in [5, 5.41) is 3.34. The number of halogens is 1. The fraction of sp³-hybridized carbons (Fsp3) is 0.167. The number of benzene rings is 2. The van der Waals surface area contributed by atoms with Crippen LogP contribution in [-0.4, -0.2) is 12.6 Å². The SMILES string of the molecule is C=C(C(=O)OCC)[C@@H](Nc1ccccc1)c1ccc(Br)cc1. The summed E-state index contributed by atoms with van der Waals surface area (Å²) in [6.07, 6.45) is 0. The summed E-state index contributed by atoms with van der Waals surface area (Å²) in [7, 11) is 0. The first-order valence-electron chi connectivity index (χ1n) is 7.04. The summed E-state index contributed by atoms with van der Waals surface area (Å²) in [4.78, 5) is 12.0. The molecular weight excluding hydrogens is 342 g/mol. The van der Waals surface area contributed by atoms with Crippen LogP contribution in [0.2, 0.25) is 0 Å². The standard InChI is InChI=1S/C18H18BrNO2/c1-3-22-18(21)13(2)17(14-9-11-15(19)12-10-14)20-16-7-5-4-6-8-16/h4-12,17,20H,2-3H2,1H3/t17-/m1/s1. The van der Waals surface area contributed by atoms with Gasteiger partial charge in [0.1, 0.15) is 0 Å². The Bertz CT molecular complexity index is 638. The van der Waals surface area contributed by atoms with E-state index in [4.69, 9.17) is 4.74 Å². The van der Waals surface area contributed by atoms with Gasteiger partial charge in [0.05, 0.1) is 18.2 Å². The van der Waals surface area contributed by atoms with Gasteiger partial charge in [-0.25, -0.2) is 4.79 Å². The van der Waals surface area contributed by atoms with Crippen LogP contribution in [0.5, 0.6) is 0 Å². The molecule has 0 saturated carbocycles. The minimum Gasteiger partial charge on any atom is -0.463 e. The van der Waals surface area contributed by atoms with E-state index in [9.17, 15) is 4.79 Å². The van der Waals surface area contributed by atoms with Crippen LogP contribution in [0.3, 0.4) is 0 Å². The van der Waals surface area contributed by atoms with Crippen LogP contribution in [0, 0.1) is 0 Å². The molecule has 2 aromatic rings. The molecule has 0 aliphatic heterocycles.